The molecule has 0 spiro atoms. The number of nitrogens with zero attached hydrogens (tertiary/aromatic N) is 4. The quantitative estimate of drug-likeness (QED) is 0.851. The van der Waals surface area contributed by atoms with Crippen molar-refractivity contribution >= 4 is 11.3 Å². The lowest BCUT2D eigenvalue weighted by atomic mass is 9.95. The predicted molar refractivity (Wildman–Crippen MR) is 83.5 cm³/mol. The topological polar surface area (TPSA) is 43.2 Å². The van der Waals surface area contributed by atoms with Crippen LogP contribution in [-0.2, 0) is 24.4 Å². The van der Waals surface area contributed by atoms with Crippen molar-refractivity contribution in [2.45, 2.75) is 39.4 Å². The van der Waals surface area contributed by atoms with Gasteiger partial charge in [-0.25, -0.2) is 4.98 Å². The Morgan fingerprint density at radius 3 is 3.00 bits per heavy atom. The molecule has 0 N–H and O–H groups in total. The number of ether oxygens (including phenoxy) is 1. The lowest BCUT2D eigenvalue weighted by Gasteiger charge is -2.32. The molecule has 0 radical (unpaired) electrons. The molecule has 3 rings (SSSR count). The Morgan fingerprint density at radius 1 is 1.48 bits per heavy atom. The fourth-order valence-corrected chi connectivity index (χ4v) is 3.86. The molecular formula is C15H22N4OS. The summed E-state index contributed by atoms with van der Waals surface area (Å²) >= 11 is 1.74. The summed E-state index contributed by atoms with van der Waals surface area (Å²) in [5.74, 6) is 0.410. The van der Waals surface area contributed by atoms with Crippen LogP contribution in [0.4, 0.5) is 0 Å². The molecule has 3 heterocycles. The van der Waals surface area contributed by atoms with E-state index in [1.54, 1.807) is 18.4 Å². The molecule has 114 valence electrons. The average molecular weight is 306 g/mol. The molecule has 6 heteroatoms. The second-order valence-corrected chi connectivity index (χ2v) is 6.48. The Balaban J connectivity index is 1.83. The third-order valence-corrected chi connectivity index (χ3v) is 5.07. The van der Waals surface area contributed by atoms with Crippen LogP contribution in [0.5, 0.6) is 0 Å². The van der Waals surface area contributed by atoms with Crippen molar-refractivity contribution in [3.05, 3.63) is 33.5 Å². The number of fused-ring (bicyclic) bond motifs is 1. The summed E-state index contributed by atoms with van der Waals surface area (Å²) in [5, 5.41) is 4.52. The van der Waals surface area contributed by atoms with E-state index < -0.39 is 0 Å². The zero-order valence-corrected chi connectivity index (χ0v) is 13.7. The normalized spacial score (nSPS) is 18.9. The highest BCUT2D eigenvalue weighted by Crippen LogP contribution is 2.30. The summed E-state index contributed by atoms with van der Waals surface area (Å²) in [4.78, 5) is 8.20. The van der Waals surface area contributed by atoms with Gasteiger partial charge in [0.1, 0.15) is 0 Å². The molecule has 2 aromatic heterocycles. The Hall–Kier alpha value is -1.24. The van der Waals surface area contributed by atoms with Crippen LogP contribution in [-0.4, -0.2) is 39.9 Å². The summed E-state index contributed by atoms with van der Waals surface area (Å²) < 4.78 is 7.53. The summed E-state index contributed by atoms with van der Waals surface area (Å²) in [5.41, 5.74) is 5.78. The molecule has 21 heavy (non-hydrogen) atoms. The van der Waals surface area contributed by atoms with Crippen molar-refractivity contribution in [2.24, 2.45) is 0 Å². The molecule has 0 aromatic carbocycles. The maximum Gasteiger partial charge on any atom is 0.0798 e. The number of aromatic nitrogens is 3. The molecule has 1 atom stereocenters. The molecule has 5 nitrogen and oxygen atoms in total. The van der Waals surface area contributed by atoms with Crippen molar-refractivity contribution in [2.75, 3.05) is 20.3 Å². The van der Waals surface area contributed by atoms with Gasteiger partial charge in [0.15, 0.2) is 0 Å². The third-order valence-electron chi connectivity index (χ3n) is 4.15. The fourth-order valence-electron chi connectivity index (χ4n) is 3.04. The van der Waals surface area contributed by atoms with Crippen LogP contribution in [0.2, 0.25) is 0 Å². The minimum Gasteiger partial charge on any atom is -0.384 e. The molecule has 0 aliphatic carbocycles. The van der Waals surface area contributed by atoms with E-state index in [1.807, 2.05) is 11.7 Å². The van der Waals surface area contributed by atoms with Crippen molar-refractivity contribution in [3.63, 3.8) is 0 Å². The minimum atomic E-state index is 0.410. The van der Waals surface area contributed by atoms with E-state index in [0.29, 0.717) is 5.92 Å². The number of rotatable bonds is 5. The first-order valence-electron chi connectivity index (χ1n) is 7.37. The molecule has 0 saturated carbocycles. The van der Waals surface area contributed by atoms with Crippen LogP contribution in [0.1, 0.15) is 34.7 Å². The molecule has 0 amide bonds. The average Bonchev–Trinajstić information content (AvgIpc) is 3.06. The molecule has 0 fully saturated rings. The van der Waals surface area contributed by atoms with Gasteiger partial charge >= 0.3 is 0 Å². The summed E-state index contributed by atoms with van der Waals surface area (Å²) in [6, 6.07) is 0. The first kappa shape index (κ1) is 14.7. The van der Waals surface area contributed by atoms with Crippen LogP contribution in [0, 0.1) is 6.92 Å². The Labute approximate surface area is 129 Å². The van der Waals surface area contributed by atoms with E-state index in [-0.39, 0.29) is 0 Å². The van der Waals surface area contributed by atoms with Gasteiger partial charge in [0, 0.05) is 49.6 Å². The van der Waals surface area contributed by atoms with Crippen molar-refractivity contribution in [3.8, 4) is 0 Å². The highest BCUT2D eigenvalue weighted by Gasteiger charge is 2.29. The summed E-state index contributed by atoms with van der Waals surface area (Å²) in [7, 11) is 1.77. The van der Waals surface area contributed by atoms with Gasteiger partial charge in [-0.2, -0.15) is 5.10 Å². The van der Waals surface area contributed by atoms with Crippen LogP contribution < -0.4 is 0 Å². The number of methoxy groups -OCH3 is 1. The lowest BCUT2D eigenvalue weighted by molar-refractivity contribution is 0.134. The van der Waals surface area contributed by atoms with E-state index in [0.717, 1.165) is 38.5 Å². The number of hydrogen-bond acceptors (Lipinski definition) is 5. The monoisotopic (exact) mass is 306 g/mol. The molecule has 1 aliphatic heterocycles. The zero-order valence-electron chi connectivity index (χ0n) is 12.9. The predicted octanol–water partition coefficient (Wildman–Crippen LogP) is 2.41. The largest absolute Gasteiger partial charge is 0.384 e. The van der Waals surface area contributed by atoms with Crippen molar-refractivity contribution in [1.29, 1.82) is 0 Å². The second-order valence-electron chi connectivity index (χ2n) is 5.55. The zero-order chi connectivity index (χ0) is 14.8. The Kier molecular flexibility index (Phi) is 4.37. The maximum atomic E-state index is 5.41. The highest BCUT2D eigenvalue weighted by atomic mass is 32.1. The van der Waals surface area contributed by atoms with E-state index in [1.165, 1.54) is 16.1 Å². The lowest BCUT2D eigenvalue weighted by Crippen LogP contribution is -2.35. The molecular weight excluding hydrogens is 284 g/mol. The van der Waals surface area contributed by atoms with Crippen LogP contribution in [0.15, 0.2) is 11.7 Å². The van der Waals surface area contributed by atoms with Gasteiger partial charge in [0.05, 0.1) is 29.7 Å². The van der Waals surface area contributed by atoms with Crippen LogP contribution >= 0.6 is 11.3 Å². The number of thiazole rings is 1. The first-order chi connectivity index (χ1) is 10.2. The van der Waals surface area contributed by atoms with Gasteiger partial charge in [-0.05, 0) is 13.8 Å². The van der Waals surface area contributed by atoms with Gasteiger partial charge in [-0.3, -0.25) is 9.58 Å². The van der Waals surface area contributed by atoms with Crippen LogP contribution in [0.3, 0.4) is 0 Å². The Bertz CT molecular complexity index is 607. The molecule has 2 aromatic rings. The minimum absolute atomic E-state index is 0.410. The smallest absolute Gasteiger partial charge is 0.0798 e. The van der Waals surface area contributed by atoms with E-state index in [9.17, 15) is 0 Å². The standard InChI is InChI=1S/C15H22N4OS/c1-4-19-14-7-18(8-15-11(2)16-10-21-15)6-12(9-20-3)13(14)5-17-19/h5,10,12H,4,6-9H2,1-3H3. The molecule has 0 saturated heterocycles. The van der Waals surface area contributed by atoms with Crippen LogP contribution in [0.25, 0.3) is 0 Å². The van der Waals surface area contributed by atoms with Gasteiger partial charge in [0.25, 0.3) is 0 Å². The molecule has 1 aliphatic rings. The molecule has 0 bridgehead atoms. The highest BCUT2D eigenvalue weighted by molar-refractivity contribution is 7.09. The fraction of sp³-hybridized carbons (Fsp3) is 0.600. The SMILES string of the molecule is CCn1ncc2c1CN(Cc1scnc1C)CC2COC. The second kappa shape index (κ2) is 6.25. The first-order valence-corrected chi connectivity index (χ1v) is 8.25. The maximum absolute atomic E-state index is 5.41. The molecule has 1 unspecified atom stereocenters. The van der Waals surface area contributed by atoms with Gasteiger partial charge < -0.3 is 4.74 Å². The third kappa shape index (κ3) is 2.88. The van der Waals surface area contributed by atoms with Gasteiger partial charge in [0.2, 0.25) is 0 Å². The number of aryl methyl sites for hydroxylation is 2. The Morgan fingerprint density at radius 2 is 2.33 bits per heavy atom. The van der Waals surface area contributed by atoms with Crippen molar-refractivity contribution in [1.82, 2.24) is 19.7 Å². The van der Waals surface area contributed by atoms with E-state index >= 15 is 0 Å². The summed E-state index contributed by atoms with van der Waals surface area (Å²) in [6.45, 7) is 8.84. The summed E-state index contributed by atoms with van der Waals surface area (Å²) in [6.07, 6.45) is 2.03. The van der Waals surface area contributed by atoms with E-state index in [2.05, 4.69) is 33.5 Å². The van der Waals surface area contributed by atoms with Crippen molar-refractivity contribution < 1.29 is 4.74 Å². The van der Waals surface area contributed by atoms with Gasteiger partial charge in [-0.15, -0.1) is 11.3 Å². The van der Waals surface area contributed by atoms with E-state index in [4.69, 9.17) is 4.74 Å². The van der Waals surface area contributed by atoms with Gasteiger partial charge in [-0.1, -0.05) is 0 Å². The number of hydrogen-bond donors (Lipinski definition) is 0.